The summed E-state index contributed by atoms with van der Waals surface area (Å²) in [5.41, 5.74) is 0.579. The summed E-state index contributed by atoms with van der Waals surface area (Å²) >= 11 is 0. The summed E-state index contributed by atoms with van der Waals surface area (Å²) < 4.78 is 4.80. The smallest absolute Gasteiger partial charge is 0.325 e. The molecule has 0 aromatic carbocycles. The van der Waals surface area contributed by atoms with Crippen LogP contribution in [0.2, 0.25) is 0 Å². The van der Waals surface area contributed by atoms with E-state index in [-0.39, 0.29) is 6.54 Å². The van der Waals surface area contributed by atoms with E-state index < -0.39 is 18.0 Å². The molecule has 0 spiro atoms. The molecular weight excluding hydrogens is 214 g/mol. The number of aromatic nitrogens is 1. The number of carboxylic acids is 1. The van der Waals surface area contributed by atoms with Crippen molar-refractivity contribution in [3.05, 3.63) is 17.5 Å². The van der Waals surface area contributed by atoms with Gasteiger partial charge < -0.3 is 20.3 Å². The maximum Gasteiger partial charge on any atom is 0.325 e. The number of hydrogen-bond acceptors (Lipinski definition) is 4. The standard InChI is InChI=1S/C9H13N3O4/c1-5-3-7(12-16-5)4-10-9(15)11-6(2)8(13)14/h3,6H,4H2,1-2H3,(H,13,14)(H2,10,11,15)/t6-/m0/s1. The predicted molar refractivity (Wildman–Crippen MR) is 53.7 cm³/mol. The molecule has 7 nitrogen and oxygen atoms in total. The van der Waals surface area contributed by atoms with Crippen molar-refractivity contribution < 1.29 is 19.2 Å². The summed E-state index contributed by atoms with van der Waals surface area (Å²) in [4.78, 5) is 21.6. The van der Waals surface area contributed by atoms with Crippen molar-refractivity contribution >= 4 is 12.0 Å². The number of carboxylic acid groups (broad SMARTS) is 1. The molecule has 1 atom stereocenters. The first-order chi connectivity index (χ1) is 7.49. The van der Waals surface area contributed by atoms with Gasteiger partial charge in [-0.25, -0.2) is 4.79 Å². The van der Waals surface area contributed by atoms with Crippen molar-refractivity contribution in [1.29, 1.82) is 0 Å². The highest BCUT2D eigenvalue weighted by Crippen LogP contribution is 2.00. The average molecular weight is 227 g/mol. The maximum absolute atomic E-state index is 11.2. The third-order valence-electron chi connectivity index (χ3n) is 1.82. The van der Waals surface area contributed by atoms with Gasteiger partial charge in [0.1, 0.15) is 17.5 Å². The van der Waals surface area contributed by atoms with Crippen LogP contribution in [0.25, 0.3) is 0 Å². The molecule has 3 N–H and O–H groups in total. The van der Waals surface area contributed by atoms with E-state index in [1.165, 1.54) is 6.92 Å². The molecular formula is C9H13N3O4. The van der Waals surface area contributed by atoms with E-state index >= 15 is 0 Å². The molecule has 2 amide bonds. The number of nitrogens with zero attached hydrogens (tertiary/aromatic N) is 1. The van der Waals surface area contributed by atoms with Gasteiger partial charge in [0, 0.05) is 6.07 Å². The van der Waals surface area contributed by atoms with Crippen molar-refractivity contribution in [2.75, 3.05) is 0 Å². The van der Waals surface area contributed by atoms with Gasteiger partial charge >= 0.3 is 12.0 Å². The summed E-state index contributed by atoms with van der Waals surface area (Å²) in [5.74, 6) is -0.441. The fourth-order valence-electron chi connectivity index (χ4n) is 0.982. The quantitative estimate of drug-likeness (QED) is 0.684. The zero-order valence-electron chi connectivity index (χ0n) is 8.98. The third-order valence-corrected chi connectivity index (χ3v) is 1.82. The lowest BCUT2D eigenvalue weighted by Crippen LogP contribution is -2.44. The van der Waals surface area contributed by atoms with Crippen LogP contribution >= 0.6 is 0 Å². The predicted octanol–water partition coefficient (Wildman–Crippen LogP) is 0.255. The number of carbonyl (C=O) groups excluding carboxylic acids is 1. The summed E-state index contributed by atoms with van der Waals surface area (Å²) in [7, 11) is 0. The van der Waals surface area contributed by atoms with Crippen molar-refractivity contribution in [3.8, 4) is 0 Å². The van der Waals surface area contributed by atoms with E-state index in [0.717, 1.165) is 0 Å². The number of urea groups is 1. The molecule has 1 rings (SSSR count). The first kappa shape index (κ1) is 12.0. The third kappa shape index (κ3) is 3.60. The number of carbonyl (C=O) groups is 2. The van der Waals surface area contributed by atoms with Crippen LogP contribution in [0.3, 0.4) is 0 Å². The topological polar surface area (TPSA) is 104 Å². The Balaban J connectivity index is 2.33. The van der Waals surface area contributed by atoms with Gasteiger partial charge in [-0.1, -0.05) is 5.16 Å². The Labute approximate surface area is 91.8 Å². The minimum Gasteiger partial charge on any atom is -0.480 e. The molecule has 0 aliphatic heterocycles. The Hall–Kier alpha value is -2.05. The lowest BCUT2D eigenvalue weighted by atomic mass is 10.3. The number of rotatable bonds is 4. The summed E-state index contributed by atoms with van der Waals surface area (Å²) in [6, 6.07) is 0.190. The fraction of sp³-hybridized carbons (Fsp3) is 0.444. The molecule has 0 fully saturated rings. The van der Waals surface area contributed by atoms with Crippen LogP contribution in [-0.2, 0) is 11.3 Å². The number of nitrogens with one attached hydrogen (secondary N) is 2. The Kier molecular flexibility index (Phi) is 3.87. The van der Waals surface area contributed by atoms with Crippen molar-refractivity contribution in [2.24, 2.45) is 0 Å². The maximum atomic E-state index is 11.2. The van der Waals surface area contributed by atoms with Crippen LogP contribution < -0.4 is 10.6 Å². The van der Waals surface area contributed by atoms with Gasteiger partial charge in [-0.15, -0.1) is 0 Å². The highest BCUT2D eigenvalue weighted by molar-refractivity contribution is 5.82. The second kappa shape index (κ2) is 5.15. The highest BCUT2D eigenvalue weighted by atomic mass is 16.5. The van der Waals surface area contributed by atoms with Gasteiger partial charge in [0.15, 0.2) is 0 Å². The molecule has 1 aromatic heterocycles. The first-order valence-corrected chi connectivity index (χ1v) is 4.68. The summed E-state index contributed by atoms with van der Waals surface area (Å²) in [6.45, 7) is 3.31. The van der Waals surface area contributed by atoms with Gasteiger partial charge in [-0.2, -0.15) is 0 Å². The molecule has 16 heavy (non-hydrogen) atoms. The van der Waals surface area contributed by atoms with Gasteiger partial charge in [0.05, 0.1) is 6.54 Å². The molecule has 0 saturated heterocycles. The van der Waals surface area contributed by atoms with Crippen LogP contribution in [-0.4, -0.2) is 28.3 Å². The molecule has 1 heterocycles. The van der Waals surface area contributed by atoms with E-state index in [4.69, 9.17) is 9.63 Å². The molecule has 0 bridgehead atoms. The Morgan fingerprint density at radius 3 is 2.81 bits per heavy atom. The molecule has 7 heteroatoms. The normalized spacial score (nSPS) is 11.9. The number of aryl methyl sites for hydroxylation is 1. The number of amides is 2. The van der Waals surface area contributed by atoms with E-state index in [2.05, 4.69) is 15.8 Å². The van der Waals surface area contributed by atoms with Crippen LogP contribution in [0.1, 0.15) is 18.4 Å². The van der Waals surface area contributed by atoms with Crippen LogP contribution in [0.4, 0.5) is 4.79 Å². The average Bonchev–Trinajstić information content (AvgIpc) is 2.61. The molecule has 88 valence electrons. The fourth-order valence-corrected chi connectivity index (χ4v) is 0.982. The summed E-state index contributed by atoms with van der Waals surface area (Å²) in [6.07, 6.45) is 0. The molecule has 0 unspecified atom stereocenters. The van der Waals surface area contributed by atoms with Crippen molar-refractivity contribution in [3.63, 3.8) is 0 Å². The molecule has 0 aliphatic carbocycles. The number of aliphatic carboxylic acids is 1. The van der Waals surface area contributed by atoms with Crippen LogP contribution in [0.15, 0.2) is 10.6 Å². The molecule has 1 aromatic rings. The second-order valence-electron chi connectivity index (χ2n) is 3.32. The largest absolute Gasteiger partial charge is 0.480 e. The molecule has 0 saturated carbocycles. The molecule has 0 aliphatic rings. The van der Waals surface area contributed by atoms with Gasteiger partial charge in [0.25, 0.3) is 0 Å². The van der Waals surface area contributed by atoms with Crippen LogP contribution in [0, 0.1) is 6.92 Å². The lowest BCUT2D eigenvalue weighted by Gasteiger charge is -2.09. The van der Waals surface area contributed by atoms with E-state index in [1.807, 2.05) is 0 Å². The van der Waals surface area contributed by atoms with Gasteiger partial charge in [-0.3, -0.25) is 4.79 Å². The highest BCUT2D eigenvalue weighted by Gasteiger charge is 2.13. The minimum absolute atomic E-state index is 0.190. The second-order valence-corrected chi connectivity index (χ2v) is 3.32. The summed E-state index contributed by atoms with van der Waals surface area (Å²) in [5, 5.41) is 16.9. The SMILES string of the molecule is Cc1cc(CNC(=O)N[C@@H](C)C(=O)O)no1. The number of hydrogen-bond donors (Lipinski definition) is 3. The van der Waals surface area contributed by atoms with E-state index in [0.29, 0.717) is 11.5 Å². The monoisotopic (exact) mass is 227 g/mol. The van der Waals surface area contributed by atoms with Crippen molar-refractivity contribution in [2.45, 2.75) is 26.4 Å². The van der Waals surface area contributed by atoms with Gasteiger partial charge in [-0.05, 0) is 13.8 Å². The zero-order valence-corrected chi connectivity index (χ0v) is 8.98. The molecule has 0 radical (unpaired) electrons. The Bertz CT molecular complexity index is 388. The van der Waals surface area contributed by atoms with Crippen LogP contribution in [0.5, 0.6) is 0 Å². The van der Waals surface area contributed by atoms with E-state index in [9.17, 15) is 9.59 Å². The minimum atomic E-state index is -1.09. The Morgan fingerprint density at radius 1 is 1.62 bits per heavy atom. The van der Waals surface area contributed by atoms with E-state index in [1.54, 1.807) is 13.0 Å². The lowest BCUT2D eigenvalue weighted by molar-refractivity contribution is -0.138. The van der Waals surface area contributed by atoms with Gasteiger partial charge in [0.2, 0.25) is 0 Å². The zero-order chi connectivity index (χ0) is 12.1. The Morgan fingerprint density at radius 2 is 2.31 bits per heavy atom. The van der Waals surface area contributed by atoms with Crippen molar-refractivity contribution in [1.82, 2.24) is 15.8 Å². The first-order valence-electron chi connectivity index (χ1n) is 4.68.